The van der Waals surface area contributed by atoms with E-state index in [1.54, 1.807) is 7.11 Å². The summed E-state index contributed by atoms with van der Waals surface area (Å²) in [5, 5.41) is 0. The lowest BCUT2D eigenvalue weighted by atomic mass is 9.85. The quantitative estimate of drug-likeness (QED) is 0.873. The molecule has 0 aliphatic rings. The summed E-state index contributed by atoms with van der Waals surface area (Å²) in [7, 11) is 1.55. The number of ether oxygens (including phenoxy) is 1. The van der Waals surface area contributed by atoms with Gasteiger partial charge in [-0.25, -0.2) is 0 Å². The predicted molar refractivity (Wildman–Crippen MR) is 72.8 cm³/mol. The minimum Gasteiger partial charge on any atom is -0.495 e. The van der Waals surface area contributed by atoms with Gasteiger partial charge in [-0.1, -0.05) is 20.8 Å². The molecule has 0 atom stereocenters. The number of benzene rings is 1. The van der Waals surface area contributed by atoms with Crippen molar-refractivity contribution in [1.82, 2.24) is 0 Å². The molecule has 94 valence electrons. The van der Waals surface area contributed by atoms with Crippen molar-refractivity contribution in [3.63, 3.8) is 0 Å². The van der Waals surface area contributed by atoms with E-state index in [9.17, 15) is 4.79 Å². The van der Waals surface area contributed by atoms with E-state index in [0.717, 1.165) is 10.0 Å². The molecule has 0 fully saturated rings. The Balaban J connectivity index is 3.44. The Hall–Kier alpha value is -0.870. The normalized spacial score (nSPS) is 11.4. The van der Waals surface area contributed by atoms with Gasteiger partial charge in [0.1, 0.15) is 5.75 Å². The Kier molecular flexibility index (Phi) is 4.33. The van der Waals surface area contributed by atoms with Crippen LogP contribution in [0.5, 0.6) is 5.75 Å². The van der Waals surface area contributed by atoms with Gasteiger partial charge in [-0.05, 0) is 39.0 Å². The summed E-state index contributed by atoms with van der Waals surface area (Å²) in [6.07, 6.45) is 0. The highest BCUT2D eigenvalue weighted by Gasteiger charge is 2.21. The Labute approximate surface area is 110 Å². The van der Waals surface area contributed by atoms with Gasteiger partial charge >= 0.3 is 0 Å². The number of carbonyl (C=O) groups is 1. The van der Waals surface area contributed by atoms with Gasteiger partial charge < -0.3 is 10.5 Å². The molecule has 0 unspecified atom stereocenters. The molecule has 2 N–H and O–H groups in total. The van der Waals surface area contributed by atoms with Crippen molar-refractivity contribution in [2.24, 2.45) is 5.73 Å². The van der Waals surface area contributed by atoms with E-state index in [0.29, 0.717) is 11.3 Å². The number of methoxy groups -OCH3 is 1. The Morgan fingerprint density at radius 2 is 2.00 bits per heavy atom. The first-order chi connectivity index (χ1) is 7.81. The molecule has 0 aliphatic heterocycles. The highest BCUT2D eigenvalue weighted by Crippen LogP contribution is 2.35. The fourth-order valence-electron chi connectivity index (χ4n) is 1.55. The van der Waals surface area contributed by atoms with Crippen LogP contribution in [0.15, 0.2) is 16.6 Å². The largest absolute Gasteiger partial charge is 0.495 e. The van der Waals surface area contributed by atoms with Crippen LogP contribution < -0.4 is 10.5 Å². The third-order valence-corrected chi connectivity index (χ3v) is 3.19. The SMILES string of the molecule is COc1c(Br)cc(C(C)(C)C)cc1C(=O)CN. The fourth-order valence-corrected chi connectivity index (χ4v) is 2.17. The van der Waals surface area contributed by atoms with Gasteiger partial charge in [0.2, 0.25) is 0 Å². The summed E-state index contributed by atoms with van der Waals surface area (Å²) in [4.78, 5) is 11.8. The number of halogens is 1. The standard InChI is InChI=1S/C13H18BrNO2/c1-13(2,3)8-5-9(11(16)7-15)12(17-4)10(14)6-8/h5-6H,7,15H2,1-4H3. The van der Waals surface area contributed by atoms with Crippen LogP contribution in [0.1, 0.15) is 36.7 Å². The topological polar surface area (TPSA) is 52.3 Å². The van der Waals surface area contributed by atoms with E-state index in [2.05, 4.69) is 36.7 Å². The van der Waals surface area contributed by atoms with Crippen molar-refractivity contribution < 1.29 is 9.53 Å². The fraction of sp³-hybridized carbons (Fsp3) is 0.462. The number of Topliss-reactive ketones (excluding diaryl/α,β-unsaturated/α-hetero) is 1. The minimum absolute atomic E-state index is 0.0175. The molecular formula is C13H18BrNO2. The van der Waals surface area contributed by atoms with E-state index < -0.39 is 0 Å². The molecule has 0 heterocycles. The smallest absolute Gasteiger partial charge is 0.180 e. The van der Waals surface area contributed by atoms with E-state index >= 15 is 0 Å². The van der Waals surface area contributed by atoms with Crippen molar-refractivity contribution in [3.8, 4) is 5.75 Å². The molecule has 0 saturated heterocycles. The summed E-state index contributed by atoms with van der Waals surface area (Å²) in [6, 6.07) is 3.84. The Morgan fingerprint density at radius 1 is 1.41 bits per heavy atom. The number of hydrogen-bond donors (Lipinski definition) is 1. The van der Waals surface area contributed by atoms with E-state index in [1.165, 1.54) is 0 Å². The first kappa shape index (κ1) is 14.2. The zero-order chi connectivity index (χ0) is 13.2. The van der Waals surface area contributed by atoms with Crippen LogP contribution in [0, 0.1) is 0 Å². The molecular weight excluding hydrogens is 282 g/mol. The van der Waals surface area contributed by atoms with Crippen molar-refractivity contribution in [1.29, 1.82) is 0 Å². The zero-order valence-corrected chi connectivity index (χ0v) is 12.2. The summed E-state index contributed by atoms with van der Waals surface area (Å²) in [6.45, 7) is 6.27. The highest BCUT2D eigenvalue weighted by atomic mass is 79.9. The lowest BCUT2D eigenvalue weighted by Crippen LogP contribution is -2.18. The molecule has 0 bridgehead atoms. The summed E-state index contributed by atoms with van der Waals surface area (Å²) < 4.78 is 6.03. The van der Waals surface area contributed by atoms with Gasteiger partial charge in [0.25, 0.3) is 0 Å². The molecule has 0 spiro atoms. The van der Waals surface area contributed by atoms with Crippen LogP contribution in [0.4, 0.5) is 0 Å². The summed E-state index contributed by atoms with van der Waals surface area (Å²) in [5.41, 5.74) is 6.99. The molecule has 0 amide bonds. The van der Waals surface area contributed by atoms with Gasteiger partial charge in [0.15, 0.2) is 5.78 Å². The monoisotopic (exact) mass is 299 g/mol. The maximum absolute atomic E-state index is 11.8. The van der Waals surface area contributed by atoms with Crippen LogP contribution >= 0.6 is 15.9 Å². The van der Waals surface area contributed by atoms with E-state index in [4.69, 9.17) is 10.5 Å². The third kappa shape index (κ3) is 3.07. The maximum Gasteiger partial charge on any atom is 0.180 e. The van der Waals surface area contributed by atoms with E-state index in [-0.39, 0.29) is 17.7 Å². The first-order valence-electron chi connectivity index (χ1n) is 5.42. The average Bonchev–Trinajstić information content (AvgIpc) is 2.25. The second-order valence-electron chi connectivity index (χ2n) is 4.92. The van der Waals surface area contributed by atoms with E-state index in [1.807, 2.05) is 12.1 Å². The van der Waals surface area contributed by atoms with Crippen LogP contribution in [0.2, 0.25) is 0 Å². The predicted octanol–water partition coefficient (Wildman–Crippen LogP) is 2.90. The lowest BCUT2D eigenvalue weighted by Gasteiger charge is -2.21. The van der Waals surface area contributed by atoms with Crippen molar-refractivity contribution in [2.75, 3.05) is 13.7 Å². The minimum atomic E-state index is -0.117. The van der Waals surface area contributed by atoms with Crippen molar-refractivity contribution >= 4 is 21.7 Å². The molecule has 1 aromatic carbocycles. The maximum atomic E-state index is 11.8. The Morgan fingerprint density at radius 3 is 2.41 bits per heavy atom. The van der Waals surface area contributed by atoms with Crippen LogP contribution in [0.3, 0.4) is 0 Å². The number of rotatable bonds is 3. The van der Waals surface area contributed by atoms with Crippen LogP contribution in [0.25, 0.3) is 0 Å². The van der Waals surface area contributed by atoms with Gasteiger partial charge in [-0.2, -0.15) is 0 Å². The summed E-state index contributed by atoms with van der Waals surface area (Å²) >= 11 is 3.43. The number of hydrogen-bond acceptors (Lipinski definition) is 3. The molecule has 0 aromatic heterocycles. The van der Waals surface area contributed by atoms with Gasteiger partial charge in [-0.3, -0.25) is 4.79 Å². The molecule has 0 radical (unpaired) electrons. The summed E-state index contributed by atoms with van der Waals surface area (Å²) in [5.74, 6) is 0.433. The molecule has 4 heteroatoms. The zero-order valence-electron chi connectivity index (χ0n) is 10.6. The Bertz CT molecular complexity index is 436. The molecule has 17 heavy (non-hydrogen) atoms. The number of carbonyl (C=O) groups excluding carboxylic acids is 1. The van der Waals surface area contributed by atoms with Crippen molar-refractivity contribution in [3.05, 3.63) is 27.7 Å². The molecule has 1 aromatic rings. The second kappa shape index (κ2) is 5.19. The van der Waals surface area contributed by atoms with Crippen molar-refractivity contribution in [2.45, 2.75) is 26.2 Å². The van der Waals surface area contributed by atoms with Crippen LogP contribution in [-0.4, -0.2) is 19.4 Å². The average molecular weight is 300 g/mol. The molecule has 1 rings (SSSR count). The van der Waals surface area contributed by atoms with Gasteiger partial charge in [0, 0.05) is 0 Å². The lowest BCUT2D eigenvalue weighted by molar-refractivity contribution is 0.0998. The van der Waals surface area contributed by atoms with Gasteiger partial charge in [0.05, 0.1) is 23.7 Å². The molecule has 0 aliphatic carbocycles. The highest BCUT2D eigenvalue weighted by molar-refractivity contribution is 9.10. The first-order valence-corrected chi connectivity index (χ1v) is 6.21. The molecule has 0 saturated carbocycles. The second-order valence-corrected chi connectivity index (χ2v) is 5.77. The molecule has 3 nitrogen and oxygen atoms in total. The number of nitrogens with two attached hydrogens (primary N) is 1. The van der Waals surface area contributed by atoms with Gasteiger partial charge in [-0.15, -0.1) is 0 Å². The third-order valence-electron chi connectivity index (χ3n) is 2.60. The van der Waals surface area contributed by atoms with Crippen LogP contribution in [-0.2, 0) is 5.41 Å². The number of ketones is 1.